The van der Waals surface area contributed by atoms with Crippen molar-refractivity contribution in [3.63, 3.8) is 0 Å². The van der Waals surface area contributed by atoms with Crippen LogP contribution >= 0.6 is 0 Å². The van der Waals surface area contributed by atoms with Gasteiger partial charge in [-0.15, -0.1) is 0 Å². The van der Waals surface area contributed by atoms with Crippen molar-refractivity contribution in [3.8, 4) is 0 Å². The maximum atomic E-state index is 13.1. The number of anilines is 1. The molecule has 2 amide bonds. The normalized spacial score (nSPS) is 31.0. The first-order valence-electron chi connectivity index (χ1n) is 9.83. The van der Waals surface area contributed by atoms with Gasteiger partial charge in [0.1, 0.15) is 0 Å². The summed E-state index contributed by atoms with van der Waals surface area (Å²) in [6.45, 7) is 5.14. The van der Waals surface area contributed by atoms with Gasteiger partial charge < -0.3 is 9.80 Å². The molecule has 1 aromatic carbocycles. The summed E-state index contributed by atoms with van der Waals surface area (Å²) in [5.74, 6) is 0.186. The lowest BCUT2D eigenvalue weighted by atomic mass is 9.99. The number of piperidine rings is 1. The van der Waals surface area contributed by atoms with Gasteiger partial charge in [-0.05, 0) is 57.1 Å². The molecule has 2 aliphatic heterocycles. The number of fused-ring (bicyclic) bond motifs is 1. The lowest BCUT2D eigenvalue weighted by molar-refractivity contribution is -0.137. The predicted molar refractivity (Wildman–Crippen MR) is 98.3 cm³/mol. The smallest absolute Gasteiger partial charge is 0.231 e. The van der Waals surface area contributed by atoms with Crippen LogP contribution in [0, 0.1) is 11.8 Å². The largest absolute Gasteiger partial charge is 0.339 e. The summed E-state index contributed by atoms with van der Waals surface area (Å²) < 4.78 is 0. The van der Waals surface area contributed by atoms with Crippen LogP contribution in [-0.2, 0) is 16.0 Å². The fraction of sp³-hybridized carbons (Fsp3) is 0.619. The van der Waals surface area contributed by atoms with Crippen LogP contribution in [0.1, 0.15) is 51.5 Å². The highest BCUT2D eigenvalue weighted by molar-refractivity contribution is 6.02. The average molecular weight is 340 g/mol. The van der Waals surface area contributed by atoms with E-state index in [1.807, 2.05) is 23.1 Å². The van der Waals surface area contributed by atoms with E-state index in [4.69, 9.17) is 0 Å². The third kappa shape index (κ3) is 2.86. The molecule has 0 bridgehead atoms. The summed E-state index contributed by atoms with van der Waals surface area (Å²) in [7, 11) is 0. The number of hydrogen-bond acceptors (Lipinski definition) is 2. The topological polar surface area (TPSA) is 40.6 Å². The van der Waals surface area contributed by atoms with Gasteiger partial charge in [0.2, 0.25) is 11.8 Å². The molecule has 134 valence electrons. The van der Waals surface area contributed by atoms with Crippen LogP contribution in [-0.4, -0.2) is 35.3 Å². The molecule has 0 aromatic heterocycles. The van der Waals surface area contributed by atoms with Crippen molar-refractivity contribution in [2.45, 2.75) is 64.5 Å². The molecule has 4 unspecified atom stereocenters. The second kappa shape index (κ2) is 6.47. The number of carbonyl (C=O) groups excluding carboxylic acids is 2. The van der Waals surface area contributed by atoms with E-state index in [-0.39, 0.29) is 29.7 Å². The van der Waals surface area contributed by atoms with Gasteiger partial charge in [-0.25, -0.2) is 0 Å². The summed E-state index contributed by atoms with van der Waals surface area (Å²) in [5, 5.41) is 0. The Kier molecular flexibility index (Phi) is 4.30. The summed E-state index contributed by atoms with van der Waals surface area (Å²) in [4.78, 5) is 30.0. The van der Waals surface area contributed by atoms with Gasteiger partial charge in [-0.2, -0.15) is 0 Å². The third-order valence-electron chi connectivity index (χ3n) is 6.25. The molecule has 3 aliphatic rings. The van der Waals surface area contributed by atoms with Gasteiger partial charge in [0.15, 0.2) is 0 Å². The minimum absolute atomic E-state index is 0.0837. The van der Waals surface area contributed by atoms with E-state index in [9.17, 15) is 9.59 Å². The summed E-state index contributed by atoms with van der Waals surface area (Å²) in [6, 6.07) is 8.74. The number of para-hydroxylation sites is 1. The molecular weight excluding hydrogens is 312 g/mol. The Morgan fingerprint density at radius 1 is 1.12 bits per heavy atom. The maximum absolute atomic E-state index is 13.1. The first kappa shape index (κ1) is 16.6. The maximum Gasteiger partial charge on any atom is 0.231 e. The van der Waals surface area contributed by atoms with Crippen molar-refractivity contribution in [3.05, 3.63) is 29.8 Å². The van der Waals surface area contributed by atoms with E-state index < -0.39 is 0 Å². The first-order valence-corrected chi connectivity index (χ1v) is 9.83. The molecule has 1 aromatic rings. The second-order valence-corrected chi connectivity index (χ2v) is 7.93. The Hall–Kier alpha value is -1.84. The lowest BCUT2D eigenvalue weighted by Gasteiger charge is -2.35. The predicted octanol–water partition coefficient (Wildman–Crippen LogP) is 3.39. The molecule has 1 saturated heterocycles. The molecule has 1 saturated carbocycles. The quantitative estimate of drug-likeness (QED) is 0.846. The van der Waals surface area contributed by atoms with Gasteiger partial charge in [-0.3, -0.25) is 9.59 Å². The Balaban J connectivity index is 1.46. The first-order chi connectivity index (χ1) is 12.1. The van der Waals surface area contributed by atoms with Crippen LogP contribution in [0.4, 0.5) is 5.69 Å². The molecule has 0 spiro atoms. The van der Waals surface area contributed by atoms with Gasteiger partial charge in [-0.1, -0.05) is 25.1 Å². The summed E-state index contributed by atoms with van der Waals surface area (Å²) >= 11 is 0. The van der Waals surface area contributed by atoms with Gasteiger partial charge >= 0.3 is 0 Å². The molecule has 4 nitrogen and oxygen atoms in total. The molecule has 2 fully saturated rings. The van der Waals surface area contributed by atoms with Crippen molar-refractivity contribution in [2.24, 2.45) is 11.8 Å². The number of nitrogens with zero attached hydrogens (tertiary/aromatic N) is 2. The Morgan fingerprint density at radius 2 is 1.88 bits per heavy atom. The fourth-order valence-electron chi connectivity index (χ4n) is 4.75. The summed E-state index contributed by atoms with van der Waals surface area (Å²) in [6.07, 6.45) is 6.10. The van der Waals surface area contributed by atoms with Crippen LogP contribution in [0.5, 0.6) is 0 Å². The minimum Gasteiger partial charge on any atom is -0.339 e. The van der Waals surface area contributed by atoms with E-state index in [0.717, 1.165) is 44.3 Å². The van der Waals surface area contributed by atoms with E-state index >= 15 is 0 Å². The Bertz CT molecular complexity index is 686. The van der Waals surface area contributed by atoms with E-state index in [2.05, 4.69) is 24.8 Å². The average Bonchev–Trinajstić information content (AvgIpc) is 3.36. The van der Waals surface area contributed by atoms with Crippen molar-refractivity contribution in [1.29, 1.82) is 0 Å². The zero-order valence-corrected chi connectivity index (χ0v) is 15.3. The van der Waals surface area contributed by atoms with Gasteiger partial charge in [0, 0.05) is 24.3 Å². The van der Waals surface area contributed by atoms with Crippen molar-refractivity contribution < 1.29 is 9.59 Å². The Morgan fingerprint density at radius 3 is 2.68 bits per heavy atom. The zero-order chi connectivity index (χ0) is 17.6. The minimum atomic E-state index is -0.111. The molecule has 1 aliphatic carbocycles. The highest BCUT2D eigenvalue weighted by atomic mass is 16.2. The molecule has 25 heavy (non-hydrogen) atoms. The van der Waals surface area contributed by atoms with Crippen molar-refractivity contribution in [1.82, 2.24) is 4.90 Å². The number of likely N-dealkylation sites (tertiary alicyclic amines) is 1. The molecule has 0 N–H and O–H groups in total. The zero-order valence-electron chi connectivity index (χ0n) is 15.3. The third-order valence-corrected chi connectivity index (χ3v) is 6.25. The number of benzene rings is 1. The van der Waals surface area contributed by atoms with Crippen LogP contribution in [0.15, 0.2) is 24.3 Å². The van der Waals surface area contributed by atoms with Gasteiger partial charge in [0.05, 0.1) is 11.8 Å². The number of carbonyl (C=O) groups is 2. The van der Waals surface area contributed by atoms with Crippen molar-refractivity contribution in [2.75, 3.05) is 11.4 Å². The van der Waals surface area contributed by atoms with E-state index in [1.165, 1.54) is 12.0 Å². The van der Waals surface area contributed by atoms with Gasteiger partial charge in [0.25, 0.3) is 0 Å². The monoisotopic (exact) mass is 340 g/mol. The molecule has 2 heterocycles. The highest BCUT2D eigenvalue weighted by Gasteiger charge is 2.53. The summed E-state index contributed by atoms with van der Waals surface area (Å²) in [5.41, 5.74) is 2.29. The van der Waals surface area contributed by atoms with Crippen LogP contribution in [0.3, 0.4) is 0 Å². The van der Waals surface area contributed by atoms with E-state index in [1.54, 1.807) is 0 Å². The fourth-order valence-corrected chi connectivity index (χ4v) is 4.75. The van der Waals surface area contributed by atoms with Crippen molar-refractivity contribution >= 4 is 17.5 Å². The van der Waals surface area contributed by atoms with Crippen LogP contribution < -0.4 is 4.90 Å². The molecule has 4 rings (SSSR count). The second-order valence-electron chi connectivity index (χ2n) is 7.93. The number of amides is 2. The Labute approximate surface area is 150 Å². The number of hydrogen-bond donors (Lipinski definition) is 0. The number of rotatable bonds is 3. The highest BCUT2D eigenvalue weighted by Crippen LogP contribution is 2.45. The van der Waals surface area contributed by atoms with E-state index in [0.29, 0.717) is 6.04 Å². The lowest BCUT2D eigenvalue weighted by Crippen LogP contribution is -2.45. The van der Waals surface area contributed by atoms with Crippen LogP contribution in [0.2, 0.25) is 0 Å². The van der Waals surface area contributed by atoms with Crippen LogP contribution in [0.25, 0.3) is 0 Å². The SMILES string of the molecule is CCC1CCCCN1C(=O)C1CC1C(=O)N1c2ccccc2CC1C. The molecule has 4 atom stereocenters. The standard InChI is InChI=1S/C21H28N2O2/c1-3-16-9-6-7-11-22(16)20(24)17-13-18(17)21(25)23-14(2)12-15-8-4-5-10-19(15)23/h4-5,8,10,14,16-18H,3,6-7,9,11-13H2,1-2H3. The molecule has 0 radical (unpaired) electrons. The molecular formula is C21H28N2O2. The molecule has 4 heteroatoms.